The average molecular weight is 882 g/mol. The van der Waals surface area contributed by atoms with Crippen molar-refractivity contribution in [3.8, 4) is 28.1 Å². The van der Waals surface area contributed by atoms with Crippen LogP contribution in [0.1, 0.15) is 68.2 Å². The molecule has 4 amide bonds. The molecule has 9 rings (SSSR count). The van der Waals surface area contributed by atoms with E-state index in [2.05, 4.69) is 65.0 Å². The number of carbonyl (C=O) groups is 4. The lowest BCUT2D eigenvalue weighted by molar-refractivity contribution is -0.135. The van der Waals surface area contributed by atoms with Crippen LogP contribution in [0, 0.1) is 17.8 Å². The quantitative estimate of drug-likeness (QED) is 0.120. The van der Waals surface area contributed by atoms with Crippen molar-refractivity contribution >= 4 is 46.2 Å². The maximum Gasteiger partial charge on any atom is 0.407 e. The van der Waals surface area contributed by atoms with Gasteiger partial charge in [-0.2, -0.15) is 0 Å². The predicted molar refractivity (Wildman–Crippen MR) is 245 cm³/mol. The smallest absolute Gasteiger partial charge is 0.407 e. The second kappa shape index (κ2) is 18.0. The SMILES string of the molecule is COC[C@H]1C[C@@H](c2ncc(-c3ccc4c(c3)COc3cc5c6c(ccc5cc3-4)N=C(C3C[C@H](C)CN3C(=O)[C@@H](NC(=O)OC)C(C)C)C6)[nH]2)N(C(=O)[C@H](NC(=O)OC)c2ccccc2)C1. The number of nitrogens with zero attached hydrogens (tertiary/aromatic N) is 4. The molecule has 0 saturated carbocycles. The van der Waals surface area contributed by atoms with Crippen molar-refractivity contribution in [1.29, 1.82) is 0 Å². The highest BCUT2D eigenvalue weighted by Gasteiger charge is 2.43. The number of hydrogen-bond donors (Lipinski definition) is 3. The number of nitrogens with one attached hydrogen (secondary N) is 3. The summed E-state index contributed by atoms with van der Waals surface area (Å²) in [6, 6.07) is 21.8. The highest BCUT2D eigenvalue weighted by atomic mass is 16.5. The van der Waals surface area contributed by atoms with Gasteiger partial charge in [-0.3, -0.25) is 14.6 Å². The van der Waals surface area contributed by atoms with Crippen LogP contribution in [0.2, 0.25) is 0 Å². The zero-order valence-corrected chi connectivity index (χ0v) is 37.6. The first-order valence-corrected chi connectivity index (χ1v) is 22.3. The molecule has 5 aromatic rings. The Morgan fingerprint density at radius 2 is 1.63 bits per heavy atom. The van der Waals surface area contributed by atoms with Crippen LogP contribution in [0.4, 0.5) is 15.3 Å². The fourth-order valence-corrected chi connectivity index (χ4v) is 10.1. The number of fused-ring (bicyclic) bond motifs is 6. The van der Waals surface area contributed by atoms with Crippen LogP contribution >= 0.6 is 0 Å². The van der Waals surface area contributed by atoms with Gasteiger partial charge in [-0.05, 0) is 87.5 Å². The number of likely N-dealkylation sites (tertiary alicyclic amines) is 2. The van der Waals surface area contributed by atoms with Gasteiger partial charge in [0, 0.05) is 43.8 Å². The van der Waals surface area contributed by atoms with Crippen LogP contribution in [0.25, 0.3) is 33.2 Å². The van der Waals surface area contributed by atoms with Gasteiger partial charge in [-0.25, -0.2) is 14.6 Å². The van der Waals surface area contributed by atoms with Gasteiger partial charge >= 0.3 is 12.2 Å². The summed E-state index contributed by atoms with van der Waals surface area (Å²) in [4.78, 5) is 70.0. The molecule has 338 valence electrons. The Morgan fingerprint density at radius 1 is 0.862 bits per heavy atom. The molecule has 1 unspecified atom stereocenters. The van der Waals surface area contributed by atoms with E-state index in [1.54, 1.807) is 18.2 Å². The Labute approximate surface area is 377 Å². The number of carbonyl (C=O) groups excluding carboxylic acids is 4. The molecule has 0 spiro atoms. The van der Waals surface area contributed by atoms with Gasteiger partial charge < -0.3 is 44.4 Å². The zero-order valence-electron chi connectivity index (χ0n) is 37.6. The number of amides is 4. The fraction of sp³-hybridized carbons (Fsp3) is 0.400. The molecule has 2 fully saturated rings. The molecule has 0 aliphatic carbocycles. The van der Waals surface area contributed by atoms with E-state index in [0.717, 1.165) is 67.9 Å². The standard InChI is InChI=1S/C50H55N7O8/c1-27(2)44(54-49(60)63-5)47(58)56-23-28(3)16-41(56)39-20-36-35-21-43-37(19-31(35)13-15-38(36)52-39)34-14-12-32(18-33(34)26-65-43)40-22-51-46(53-40)42-17-29(25-62-4)24-57(42)48(59)45(55-50(61)64-6)30-10-8-7-9-11-30/h7-15,18-19,21-22,27-29,41-42,44-45H,16-17,20,23-26H2,1-6H3,(H,51,53)(H,54,60)(H,55,61)/t28-,29-,41?,42-,44-,45+/m0/s1. The number of ether oxygens (including phenoxy) is 4. The minimum absolute atomic E-state index is 0.0720. The molecule has 15 nitrogen and oxygen atoms in total. The van der Waals surface area contributed by atoms with Crippen LogP contribution < -0.4 is 15.4 Å². The number of methoxy groups -OCH3 is 3. The molecule has 4 aliphatic rings. The largest absolute Gasteiger partial charge is 0.488 e. The van der Waals surface area contributed by atoms with Crippen LogP contribution in [-0.2, 0) is 36.8 Å². The van der Waals surface area contributed by atoms with E-state index in [4.69, 9.17) is 28.9 Å². The van der Waals surface area contributed by atoms with Crippen molar-refractivity contribution in [2.75, 3.05) is 41.0 Å². The lowest BCUT2D eigenvalue weighted by Gasteiger charge is -2.31. The second-order valence-electron chi connectivity index (χ2n) is 18.0. The summed E-state index contributed by atoms with van der Waals surface area (Å²) in [5, 5.41) is 7.64. The number of H-pyrrole nitrogens is 1. The maximum atomic E-state index is 14.3. The van der Waals surface area contributed by atoms with E-state index >= 15 is 0 Å². The number of benzene rings is 4. The second-order valence-corrected chi connectivity index (χ2v) is 18.0. The van der Waals surface area contributed by atoms with Gasteiger partial charge in [-0.1, -0.05) is 69.3 Å². The lowest BCUT2D eigenvalue weighted by Crippen LogP contribution is -2.53. The van der Waals surface area contributed by atoms with Crippen LogP contribution in [0.3, 0.4) is 0 Å². The third-order valence-corrected chi connectivity index (χ3v) is 13.3. The van der Waals surface area contributed by atoms with Crippen molar-refractivity contribution in [3.63, 3.8) is 0 Å². The molecule has 6 atom stereocenters. The minimum atomic E-state index is -0.944. The summed E-state index contributed by atoms with van der Waals surface area (Å²) in [7, 11) is 4.23. The van der Waals surface area contributed by atoms with E-state index in [0.29, 0.717) is 50.5 Å². The number of rotatable bonds is 11. The molecule has 5 heterocycles. The van der Waals surface area contributed by atoms with Crippen molar-refractivity contribution in [1.82, 2.24) is 30.4 Å². The number of alkyl carbamates (subject to hydrolysis) is 2. The number of aliphatic imine (C=N–C) groups is 1. The molecule has 2 saturated heterocycles. The summed E-state index contributed by atoms with van der Waals surface area (Å²) in [5.74, 6) is 1.32. The highest BCUT2D eigenvalue weighted by Crippen LogP contribution is 2.45. The zero-order chi connectivity index (χ0) is 45.5. The first-order chi connectivity index (χ1) is 31.4. The highest BCUT2D eigenvalue weighted by molar-refractivity contribution is 6.06. The fourth-order valence-electron chi connectivity index (χ4n) is 10.1. The number of imidazole rings is 1. The van der Waals surface area contributed by atoms with Crippen LogP contribution in [0.15, 0.2) is 84.0 Å². The predicted octanol–water partition coefficient (Wildman–Crippen LogP) is 7.67. The molecule has 3 N–H and O–H groups in total. The molecule has 65 heavy (non-hydrogen) atoms. The van der Waals surface area contributed by atoms with Gasteiger partial charge in [0.15, 0.2) is 0 Å². The monoisotopic (exact) mass is 881 g/mol. The molecule has 1 aromatic heterocycles. The van der Waals surface area contributed by atoms with Crippen molar-refractivity contribution < 1.29 is 38.1 Å². The number of aromatic amines is 1. The Balaban J connectivity index is 0.947. The van der Waals surface area contributed by atoms with Gasteiger partial charge in [0.25, 0.3) is 5.91 Å². The van der Waals surface area contributed by atoms with Crippen molar-refractivity contribution in [2.24, 2.45) is 22.7 Å². The first kappa shape index (κ1) is 43.5. The van der Waals surface area contributed by atoms with E-state index in [1.807, 2.05) is 49.1 Å². The van der Waals surface area contributed by atoms with Crippen molar-refractivity contribution in [3.05, 3.63) is 102 Å². The minimum Gasteiger partial charge on any atom is -0.488 e. The normalized spacial score (nSPS) is 20.6. The Morgan fingerprint density at radius 3 is 2.38 bits per heavy atom. The molecular formula is C50H55N7O8. The lowest BCUT2D eigenvalue weighted by atomic mass is 9.90. The van der Waals surface area contributed by atoms with Crippen molar-refractivity contribution in [2.45, 2.75) is 70.8 Å². The van der Waals surface area contributed by atoms with Gasteiger partial charge in [0.1, 0.15) is 30.3 Å². The Hall–Kier alpha value is -6.74. The summed E-state index contributed by atoms with van der Waals surface area (Å²) in [5.41, 5.74) is 8.51. The van der Waals surface area contributed by atoms with Crippen LogP contribution in [-0.4, -0.2) is 103 Å². The number of hydrogen-bond acceptors (Lipinski definition) is 10. The van der Waals surface area contributed by atoms with Gasteiger partial charge in [-0.15, -0.1) is 0 Å². The van der Waals surface area contributed by atoms with Crippen LogP contribution in [0.5, 0.6) is 5.75 Å². The topological polar surface area (TPSA) is 177 Å². The molecule has 15 heteroatoms. The maximum absolute atomic E-state index is 14.3. The molecule has 0 bridgehead atoms. The number of aromatic nitrogens is 2. The Bertz CT molecular complexity index is 2680. The van der Waals surface area contributed by atoms with E-state index in [9.17, 15) is 19.2 Å². The summed E-state index contributed by atoms with van der Waals surface area (Å²) in [6.45, 7) is 7.88. The first-order valence-electron chi connectivity index (χ1n) is 22.3. The van der Waals surface area contributed by atoms with E-state index < -0.39 is 24.3 Å². The average Bonchev–Trinajstić information content (AvgIpc) is 4.15. The summed E-state index contributed by atoms with van der Waals surface area (Å²) < 4.78 is 21.7. The third kappa shape index (κ3) is 8.40. The molecule has 4 aliphatic heterocycles. The van der Waals surface area contributed by atoms with Gasteiger partial charge in [0.2, 0.25) is 5.91 Å². The van der Waals surface area contributed by atoms with E-state index in [-0.39, 0.29) is 41.7 Å². The Kier molecular flexibility index (Phi) is 12.1. The van der Waals surface area contributed by atoms with E-state index in [1.165, 1.54) is 14.2 Å². The summed E-state index contributed by atoms with van der Waals surface area (Å²) in [6.07, 6.45) is 2.54. The molecule has 0 radical (unpaired) electrons. The summed E-state index contributed by atoms with van der Waals surface area (Å²) >= 11 is 0. The van der Waals surface area contributed by atoms with Gasteiger partial charge in [0.05, 0.1) is 50.5 Å². The molecule has 4 aromatic carbocycles. The molecular weight excluding hydrogens is 827 g/mol. The third-order valence-electron chi connectivity index (χ3n) is 13.3.